The topological polar surface area (TPSA) is 95.6 Å². The van der Waals surface area contributed by atoms with Crippen LogP contribution in [0.4, 0.5) is 4.79 Å². The molecule has 0 fully saturated rings. The third kappa shape index (κ3) is 4.24. The van der Waals surface area contributed by atoms with Crippen molar-refractivity contribution < 1.29 is 4.79 Å². The number of nitriles is 1. The molecular weight excluding hydrogens is 328 g/mol. The van der Waals surface area contributed by atoms with E-state index in [1.807, 2.05) is 43.5 Å². The molecule has 7 nitrogen and oxygen atoms in total. The number of urea groups is 1. The number of carbonyl (C=O) groups excluding carboxylic acids is 1. The second-order valence-electron chi connectivity index (χ2n) is 5.76. The first-order valence-corrected chi connectivity index (χ1v) is 8.15. The lowest BCUT2D eigenvalue weighted by atomic mass is 10.1. The van der Waals surface area contributed by atoms with E-state index in [1.54, 1.807) is 29.2 Å². The monoisotopic (exact) mass is 346 g/mol. The number of nitrogens with zero attached hydrogens (tertiary/aromatic N) is 4. The van der Waals surface area contributed by atoms with Crippen LogP contribution >= 0.6 is 0 Å². The number of pyridine rings is 1. The van der Waals surface area contributed by atoms with Gasteiger partial charge in [0.15, 0.2) is 5.82 Å². The number of benzene rings is 1. The van der Waals surface area contributed by atoms with Gasteiger partial charge in [-0.05, 0) is 48.4 Å². The van der Waals surface area contributed by atoms with E-state index in [0.717, 1.165) is 11.1 Å². The molecule has 0 aliphatic carbocycles. The van der Waals surface area contributed by atoms with Crippen LogP contribution in [0.5, 0.6) is 0 Å². The van der Waals surface area contributed by atoms with E-state index in [1.165, 1.54) is 0 Å². The van der Waals surface area contributed by atoms with Gasteiger partial charge in [0.1, 0.15) is 0 Å². The second-order valence-corrected chi connectivity index (χ2v) is 5.76. The molecule has 26 heavy (non-hydrogen) atoms. The Morgan fingerprint density at radius 3 is 2.77 bits per heavy atom. The summed E-state index contributed by atoms with van der Waals surface area (Å²) >= 11 is 0. The number of carbonyl (C=O) groups is 1. The maximum atomic E-state index is 12.1. The molecular formula is C19H18N6O. The SMILES string of the molecule is C[C@@H](NC(=O)NCc1ccnc(-n2cccn2)c1)c1ccc(C#N)cc1. The van der Waals surface area contributed by atoms with Gasteiger partial charge in [0, 0.05) is 25.1 Å². The molecule has 130 valence electrons. The van der Waals surface area contributed by atoms with Crippen molar-refractivity contribution in [1.82, 2.24) is 25.4 Å². The first-order valence-electron chi connectivity index (χ1n) is 8.15. The molecule has 2 amide bonds. The van der Waals surface area contributed by atoms with E-state index in [9.17, 15) is 4.79 Å². The zero-order valence-corrected chi connectivity index (χ0v) is 14.3. The highest BCUT2D eigenvalue weighted by molar-refractivity contribution is 5.74. The molecule has 0 unspecified atom stereocenters. The number of aromatic nitrogens is 3. The summed E-state index contributed by atoms with van der Waals surface area (Å²) in [7, 11) is 0. The number of hydrogen-bond donors (Lipinski definition) is 2. The smallest absolute Gasteiger partial charge is 0.315 e. The Labute approximate surface area is 151 Å². The van der Waals surface area contributed by atoms with E-state index >= 15 is 0 Å². The van der Waals surface area contributed by atoms with Gasteiger partial charge in [0.05, 0.1) is 17.7 Å². The molecule has 2 N–H and O–H groups in total. The van der Waals surface area contributed by atoms with E-state index in [0.29, 0.717) is 17.9 Å². The van der Waals surface area contributed by atoms with E-state index in [2.05, 4.69) is 26.8 Å². The Balaban J connectivity index is 1.55. The van der Waals surface area contributed by atoms with Crippen LogP contribution < -0.4 is 10.6 Å². The maximum Gasteiger partial charge on any atom is 0.315 e. The van der Waals surface area contributed by atoms with Crippen molar-refractivity contribution >= 4 is 6.03 Å². The van der Waals surface area contributed by atoms with Crippen molar-refractivity contribution in [2.75, 3.05) is 0 Å². The molecule has 3 aromatic rings. The zero-order chi connectivity index (χ0) is 18.4. The third-order valence-electron chi connectivity index (χ3n) is 3.89. The van der Waals surface area contributed by atoms with Crippen molar-refractivity contribution in [2.24, 2.45) is 0 Å². The first-order chi connectivity index (χ1) is 12.7. The van der Waals surface area contributed by atoms with Crippen molar-refractivity contribution in [3.8, 4) is 11.9 Å². The average Bonchev–Trinajstić information content (AvgIpc) is 3.21. The second kappa shape index (κ2) is 7.94. The summed E-state index contributed by atoms with van der Waals surface area (Å²) in [5.74, 6) is 0.695. The first kappa shape index (κ1) is 17.2. The molecule has 0 aliphatic heterocycles. The van der Waals surface area contributed by atoms with Gasteiger partial charge in [-0.15, -0.1) is 0 Å². The van der Waals surface area contributed by atoms with Crippen molar-refractivity contribution in [2.45, 2.75) is 19.5 Å². The van der Waals surface area contributed by atoms with Gasteiger partial charge in [-0.1, -0.05) is 12.1 Å². The van der Waals surface area contributed by atoms with Crippen LogP contribution in [0.2, 0.25) is 0 Å². The summed E-state index contributed by atoms with van der Waals surface area (Å²) in [5, 5.41) is 18.7. The minimum Gasteiger partial charge on any atom is -0.334 e. The molecule has 1 aromatic carbocycles. The van der Waals surface area contributed by atoms with Gasteiger partial charge < -0.3 is 10.6 Å². The summed E-state index contributed by atoms with van der Waals surface area (Å²) < 4.78 is 1.66. The normalized spacial score (nSPS) is 11.4. The highest BCUT2D eigenvalue weighted by atomic mass is 16.2. The summed E-state index contributed by atoms with van der Waals surface area (Å²) in [4.78, 5) is 16.4. The summed E-state index contributed by atoms with van der Waals surface area (Å²) in [6.45, 7) is 2.27. The lowest BCUT2D eigenvalue weighted by molar-refractivity contribution is 0.237. The van der Waals surface area contributed by atoms with Crippen LogP contribution in [-0.2, 0) is 6.54 Å². The minimum atomic E-state index is -0.265. The Bertz CT molecular complexity index is 912. The molecule has 7 heteroatoms. The van der Waals surface area contributed by atoms with Crippen LogP contribution in [0, 0.1) is 11.3 Å². The van der Waals surface area contributed by atoms with Crippen LogP contribution in [0.15, 0.2) is 61.1 Å². The quantitative estimate of drug-likeness (QED) is 0.742. The Kier molecular flexibility index (Phi) is 5.25. The van der Waals surface area contributed by atoms with Gasteiger partial charge in [0.2, 0.25) is 0 Å². The van der Waals surface area contributed by atoms with Crippen molar-refractivity contribution in [3.05, 3.63) is 77.7 Å². The van der Waals surface area contributed by atoms with Gasteiger partial charge in [0.25, 0.3) is 0 Å². The zero-order valence-electron chi connectivity index (χ0n) is 14.3. The Morgan fingerprint density at radius 1 is 1.27 bits per heavy atom. The number of nitrogens with one attached hydrogen (secondary N) is 2. The van der Waals surface area contributed by atoms with Crippen LogP contribution in [0.3, 0.4) is 0 Å². The van der Waals surface area contributed by atoms with Crippen LogP contribution in [0.1, 0.15) is 29.7 Å². The molecule has 0 saturated heterocycles. The van der Waals surface area contributed by atoms with Crippen molar-refractivity contribution in [1.29, 1.82) is 5.26 Å². The average molecular weight is 346 g/mol. The van der Waals surface area contributed by atoms with E-state index < -0.39 is 0 Å². The molecule has 0 saturated carbocycles. The largest absolute Gasteiger partial charge is 0.334 e. The molecule has 0 radical (unpaired) electrons. The predicted molar refractivity (Wildman–Crippen MR) is 96.3 cm³/mol. The fraction of sp³-hybridized carbons (Fsp3) is 0.158. The Hall–Kier alpha value is -3.66. The van der Waals surface area contributed by atoms with Crippen LogP contribution in [0.25, 0.3) is 5.82 Å². The maximum absolute atomic E-state index is 12.1. The summed E-state index contributed by atoms with van der Waals surface area (Å²) in [5.41, 5.74) is 2.45. The molecule has 2 aromatic heterocycles. The molecule has 1 atom stereocenters. The number of rotatable bonds is 5. The summed E-state index contributed by atoms with van der Waals surface area (Å²) in [6.07, 6.45) is 5.18. The standard InChI is InChI=1S/C19H18N6O/c1-14(17-5-3-15(12-20)4-6-17)24-19(26)22-13-16-7-9-21-18(11-16)25-10-2-8-23-25/h2-11,14H,13H2,1H3,(H2,22,24,26)/t14-/m1/s1. The lowest BCUT2D eigenvalue weighted by Gasteiger charge is -2.15. The number of hydrogen-bond acceptors (Lipinski definition) is 4. The number of amides is 2. The van der Waals surface area contributed by atoms with Gasteiger partial charge >= 0.3 is 6.03 Å². The Morgan fingerprint density at radius 2 is 2.08 bits per heavy atom. The van der Waals surface area contributed by atoms with Crippen molar-refractivity contribution in [3.63, 3.8) is 0 Å². The van der Waals surface area contributed by atoms with E-state index in [-0.39, 0.29) is 12.1 Å². The molecule has 3 rings (SSSR count). The van der Waals surface area contributed by atoms with Gasteiger partial charge in [-0.3, -0.25) is 0 Å². The highest BCUT2D eigenvalue weighted by Gasteiger charge is 2.09. The van der Waals surface area contributed by atoms with E-state index in [4.69, 9.17) is 5.26 Å². The lowest BCUT2D eigenvalue weighted by Crippen LogP contribution is -2.36. The summed E-state index contributed by atoms with van der Waals surface area (Å²) in [6, 6.07) is 14.3. The molecule has 0 spiro atoms. The third-order valence-corrected chi connectivity index (χ3v) is 3.89. The molecule has 0 bridgehead atoms. The molecule has 2 heterocycles. The molecule has 0 aliphatic rings. The highest BCUT2D eigenvalue weighted by Crippen LogP contribution is 2.13. The fourth-order valence-electron chi connectivity index (χ4n) is 2.46. The fourth-order valence-corrected chi connectivity index (χ4v) is 2.46. The van der Waals surface area contributed by atoms with Gasteiger partial charge in [-0.2, -0.15) is 10.4 Å². The predicted octanol–water partition coefficient (Wildman–Crippen LogP) is 2.70. The van der Waals surface area contributed by atoms with Gasteiger partial charge in [-0.25, -0.2) is 14.5 Å². The van der Waals surface area contributed by atoms with Crippen LogP contribution in [-0.4, -0.2) is 20.8 Å². The minimum absolute atomic E-state index is 0.167.